The van der Waals surface area contributed by atoms with Crippen molar-refractivity contribution >= 4 is 52.0 Å². The number of nitrogens with zero attached hydrogens (tertiary/aromatic N) is 2. The third-order valence-corrected chi connectivity index (χ3v) is 7.55. The van der Waals surface area contributed by atoms with Crippen molar-refractivity contribution in [3.63, 3.8) is 0 Å². The maximum Gasteiger partial charge on any atom is 0.176 e. The normalized spacial score (nSPS) is 31.1. The van der Waals surface area contributed by atoms with Crippen LogP contribution in [-0.4, -0.2) is 14.9 Å². The highest BCUT2D eigenvalue weighted by atomic mass is 35.5. The largest absolute Gasteiger partial charge is 0.331 e. The van der Waals surface area contributed by atoms with E-state index in [2.05, 4.69) is 21.5 Å². The van der Waals surface area contributed by atoms with Crippen molar-refractivity contribution in [2.24, 2.45) is 17.8 Å². The van der Waals surface area contributed by atoms with E-state index < -0.39 is 0 Å². The Hall–Kier alpha value is -1.30. The summed E-state index contributed by atoms with van der Waals surface area (Å²) in [5.74, 6) is 3.44. The second kappa shape index (κ2) is 6.64. The SMILES string of the molecule is S=C(Nc1ccn(C23CC4CC(CC(C4)C2)C3)n1)Nc1cccc(Cl)c1Cl. The Labute approximate surface area is 174 Å². The Morgan fingerprint density at radius 1 is 1.04 bits per heavy atom. The van der Waals surface area contributed by atoms with Crippen molar-refractivity contribution in [2.75, 3.05) is 10.6 Å². The number of rotatable bonds is 3. The van der Waals surface area contributed by atoms with Gasteiger partial charge in [0.1, 0.15) is 0 Å². The van der Waals surface area contributed by atoms with Gasteiger partial charge >= 0.3 is 0 Å². The molecule has 0 unspecified atom stereocenters. The fraction of sp³-hybridized carbons (Fsp3) is 0.500. The van der Waals surface area contributed by atoms with Crippen LogP contribution in [0.15, 0.2) is 30.5 Å². The molecular weight excluding hydrogens is 399 g/mol. The van der Waals surface area contributed by atoms with E-state index >= 15 is 0 Å². The van der Waals surface area contributed by atoms with E-state index in [4.69, 9.17) is 40.5 Å². The van der Waals surface area contributed by atoms with Crippen LogP contribution in [0.5, 0.6) is 0 Å². The zero-order chi connectivity index (χ0) is 18.6. The Balaban J connectivity index is 1.30. The highest BCUT2D eigenvalue weighted by molar-refractivity contribution is 7.80. The molecule has 4 aliphatic rings. The van der Waals surface area contributed by atoms with Gasteiger partial charge in [0.2, 0.25) is 0 Å². The summed E-state index contributed by atoms with van der Waals surface area (Å²) in [6, 6.07) is 7.43. The fourth-order valence-corrected chi connectivity index (χ4v) is 6.43. The molecule has 7 heteroatoms. The lowest BCUT2D eigenvalue weighted by molar-refractivity contribution is -0.0492. The molecule has 0 atom stereocenters. The van der Waals surface area contributed by atoms with Crippen LogP contribution in [0.25, 0.3) is 0 Å². The fourth-order valence-electron chi connectivity index (χ4n) is 5.87. The Bertz CT molecular complexity index is 859. The van der Waals surface area contributed by atoms with Gasteiger partial charge in [-0.3, -0.25) is 4.68 Å². The highest BCUT2D eigenvalue weighted by Crippen LogP contribution is 2.58. The third-order valence-electron chi connectivity index (χ3n) is 6.52. The molecule has 4 fully saturated rings. The van der Waals surface area contributed by atoms with Crippen molar-refractivity contribution in [3.05, 3.63) is 40.5 Å². The molecule has 1 aromatic heterocycles. The quantitative estimate of drug-likeness (QED) is 0.604. The van der Waals surface area contributed by atoms with Crippen LogP contribution in [-0.2, 0) is 5.54 Å². The predicted octanol–water partition coefficient (Wildman–Crippen LogP) is 5.92. The second-order valence-electron chi connectivity index (χ2n) is 8.47. The Kier molecular flexibility index (Phi) is 4.37. The summed E-state index contributed by atoms with van der Waals surface area (Å²) < 4.78 is 2.22. The minimum atomic E-state index is 0.222. The number of halogens is 2. The van der Waals surface area contributed by atoms with Crippen molar-refractivity contribution in [3.8, 4) is 0 Å². The van der Waals surface area contributed by atoms with Crippen LogP contribution in [0.3, 0.4) is 0 Å². The first-order valence-corrected chi connectivity index (χ1v) is 10.8. The molecule has 1 aromatic carbocycles. The summed E-state index contributed by atoms with van der Waals surface area (Å²) in [7, 11) is 0. The molecule has 6 rings (SSSR count). The number of nitrogens with one attached hydrogen (secondary N) is 2. The minimum absolute atomic E-state index is 0.222. The molecule has 2 N–H and O–H groups in total. The summed E-state index contributed by atoms with van der Waals surface area (Å²) >= 11 is 17.7. The molecule has 0 aliphatic heterocycles. The molecule has 4 nitrogen and oxygen atoms in total. The first-order chi connectivity index (χ1) is 13.0. The van der Waals surface area contributed by atoms with Crippen LogP contribution in [0.4, 0.5) is 11.5 Å². The third kappa shape index (κ3) is 3.24. The number of hydrogen-bond donors (Lipinski definition) is 2. The molecular formula is C20H22Cl2N4S. The monoisotopic (exact) mass is 420 g/mol. The van der Waals surface area contributed by atoms with Crippen LogP contribution in [0.1, 0.15) is 38.5 Å². The predicted molar refractivity (Wildman–Crippen MR) is 115 cm³/mol. The van der Waals surface area contributed by atoms with Crippen molar-refractivity contribution < 1.29 is 0 Å². The minimum Gasteiger partial charge on any atom is -0.331 e. The Morgan fingerprint density at radius 2 is 1.70 bits per heavy atom. The van der Waals surface area contributed by atoms with E-state index in [0.717, 1.165) is 23.6 Å². The number of thiocarbonyl (C=S) groups is 1. The molecule has 4 saturated carbocycles. The Morgan fingerprint density at radius 3 is 2.37 bits per heavy atom. The summed E-state index contributed by atoms with van der Waals surface area (Å²) in [5.41, 5.74) is 0.905. The zero-order valence-corrected chi connectivity index (χ0v) is 17.2. The molecule has 1 heterocycles. The molecule has 27 heavy (non-hydrogen) atoms. The number of aromatic nitrogens is 2. The molecule has 0 radical (unpaired) electrons. The van der Waals surface area contributed by atoms with Gasteiger partial charge in [-0.1, -0.05) is 29.3 Å². The van der Waals surface area contributed by atoms with Gasteiger partial charge in [0, 0.05) is 12.3 Å². The molecule has 2 aromatic rings. The number of anilines is 2. The molecule has 0 amide bonds. The van der Waals surface area contributed by atoms with Gasteiger partial charge in [-0.2, -0.15) is 5.10 Å². The number of hydrogen-bond acceptors (Lipinski definition) is 2. The van der Waals surface area contributed by atoms with E-state index in [1.165, 1.54) is 38.5 Å². The highest BCUT2D eigenvalue weighted by Gasteiger charge is 2.52. The lowest BCUT2D eigenvalue weighted by Gasteiger charge is -2.56. The molecule has 142 valence electrons. The van der Waals surface area contributed by atoms with E-state index in [1.54, 1.807) is 6.07 Å². The van der Waals surface area contributed by atoms with E-state index in [9.17, 15) is 0 Å². The van der Waals surface area contributed by atoms with Gasteiger partial charge in [0.15, 0.2) is 10.9 Å². The average Bonchev–Trinajstić information content (AvgIpc) is 3.07. The summed E-state index contributed by atoms with van der Waals surface area (Å²) in [5, 5.41) is 12.5. The van der Waals surface area contributed by atoms with Crippen LogP contribution in [0.2, 0.25) is 10.0 Å². The van der Waals surface area contributed by atoms with Gasteiger partial charge in [0.25, 0.3) is 0 Å². The summed E-state index contributed by atoms with van der Waals surface area (Å²) in [6.07, 6.45) is 10.2. The van der Waals surface area contributed by atoms with Crippen molar-refractivity contribution in [1.29, 1.82) is 0 Å². The van der Waals surface area contributed by atoms with Crippen LogP contribution in [0, 0.1) is 17.8 Å². The van der Waals surface area contributed by atoms with Crippen molar-refractivity contribution in [1.82, 2.24) is 9.78 Å². The van der Waals surface area contributed by atoms with Crippen molar-refractivity contribution in [2.45, 2.75) is 44.1 Å². The van der Waals surface area contributed by atoms with Gasteiger partial charge in [-0.25, -0.2) is 0 Å². The standard InChI is InChI=1S/C20H22Cl2N4S/c21-15-2-1-3-16(18(15)22)23-19(27)24-17-4-5-26(25-17)20-9-12-6-13(10-20)8-14(7-12)11-20/h1-5,12-14H,6-11H2,(H2,23,24,25,27). The first kappa shape index (κ1) is 17.8. The smallest absolute Gasteiger partial charge is 0.176 e. The molecule has 0 saturated heterocycles. The second-order valence-corrected chi connectivity index (χ2v) is 9.66. The lowest BCUT2D eigenvalue weighted by Crippen LogP contribution is -2.52. The summed E-state index contributed by atoms with van der Waals surface area (Å²) in [4.78, 5) is 0. The van der Waals surface area contributed by atoms with E-state index in [-0.39, 0.29) is 5.54 Å². The maximum atomic E-state index is 6.22. The number of benzene rings is 1. The lowest BCUT2D eigenvalue weighted by atomic mass is 9.53. The topological polar surface area (TPSA) is 41.9 Å². The average molecular weight is 421 g/mol. The van der Waals surface area contributed by atoms with Crippen LogP contribution >= 0.6 is 35.4 Å². The van der Waals surface area contributed by atoms with Gasteiger partial charge < -0.3 is 10.6 Å². The molecule has 4 bridgehead atoms. The van der Waals surface area contributed by atoms with Gasteiger partial charge in [-0.15, -0.1) is 0 Å². The van der Waals surface area contributed by atoms with Gasteiger partial charge in [-0.05, 0) is 80.6 Å². The van der Waals surface area contributed by atoms with E-state index in [1.807, 2.05) is 18.2 Å². The maximum absolute atomic E-state index is 6.22. The summed E-state index contributed by atoms with van der Waals surface area (Å²) in [6.45, 7) is 0. The van der Waals surface area contributed by atoms with E-state index in [0.29, 0.717) is 20.8 Å². The van der Waals surface area contributed by atoms with Gasteiger partial charge in [0.05, 0.1) is 21.3 Å². The van der Waals surface area contributed by atoms with Crippen LogP contribution < -0.4 is 10.6 Å². The molecule has 0 spiro atoms. The first-order valence-electron chi connectivity index (χ1n) is 9.59. The molecule has 4 aliphatic carbocycles. The zero-order valence-electron chi connectivity index (χ0n) is 14.9.